The summed E-state index contributed by atoms with van der Waals surface area (Å²) in [5, 5.41) is 12.0. The third-order valence-corrected chi connectivity index (χ3v) is 2.58. The fraction of sp³-hybridized carbons (Fsp3) is 0.667. The minimum absolute atomic E-state index is 0.0673. The topological polar surface area (TPSA) is 70.9 Å². The van der Waals surface area contributed by atoms with E-state index in [0.717, 1.165) is 12.8 Å². The lowest BCUT2D eigenvalue weighted by atomic mass is 10.0. The number of aliphatic hydroxyl groups is 1. The van der Waals surface area contributed by atoms with Gasteiger partial charge in [-0.15, -0.1) is 0 Å². The highest BCUT2D eigenvalue weighted by atomic mass is 35.5. The normalized spacial score (nSPS) is 12.5. The van der Waals surface area contributed by atoms with Crippen molar-refractivity contribution in [3.05, 3.63) is 10.6 Å². The number of aromatic nitrogens is 3. The van der Waals surface area contributed by atoms with Gasteiger partial charge in [-0.25, -0.2) is 0 Å². The standard InChI is InChI=1S/C9H14Cl2N4O/c1-2-6(3-4-16)5-12-9-14-7(10)13-8(11)15-9/h6,16H,2-5H2,1H3,(H,12,13,14,15). The Morgan fingerprint density at radius 2 is 1.88 bits per heavy atom. The molecular formula is C9H14Cl2N4O. The predicted octanol–water partition coefficient (Wildman–Crippen LogP) is 2.00. The summed E-state index contributed by atoms with van der Waals surface area (Å²) in [6.07, 6.45) is 1.72. The van der Waals surface area contributed by atoms with Gasteiger partial charge in [0.1, 0.15) is 0 Å². The quantitative estimate of drug-likeness (QED) is 0.823. The third-order valence-electron chi connectivity index (χ3n) is 2.24. The zero-order chi connectivity index (χ0) is 12.0. The molecular weight excluding hydrogens is 251 g/mol. The summed E-state index contributed by atoms with van der Waals surface area (Å²) in [4.78, 5) is 11.4. The molecule has 0 aliphatic carbocycles. The van der Waals surface area contributed by atoms with Gasteiger partial charge in [-0.3, -0.25) is 0 Å². The Morgan fingerprint density at radius 3 is 2.38 bits per heavy atom. The van der Waals surface area contributed by atoms with Crippen LogP contribution >= 0.6 is 23.2 Å². The molecule has 1 aromatic rings. The van der Waals surface area contributed by atoms with Gasteiger partial charge in [-0.1, -0.05) is 13.3 Å². The van der Waals surface area contributed by atoms with Crippen molar-refractivity contribution in [2.75, 3.05) is 18.5 Å². The molecule has 0 saturated carbocycles. The number of hydrogen-bond acceptors (Lipinski definition) is 5. The van der Waals surface area contributed by atoms with E-state index in [2.05, 4.69) is 27.2 Å². The first-order chi connectivity index (χ1) is 7.65. The Hall–Kier alpha value is -0.650. The van der Waals surface area contributed by atoms with Crippen LogP contribution in [-0.2, 0) is 0 Å². The van der Waals surface area contributed by atoms with Crippen LogP contribution < -0.4 is 5.32 Å². The maximum atomic E-state index is 8.84. The lowest BCUT2D eigenvalue weighted by Gasteiger charge is -2.13. The van der Waals surface area contributed by atoms with Crippen molar-refractivity contribution in [1.29, 1.82) is 0 Å². The Balaban J connectivity index is 2.52. The molecule has 0 amide bonds. The molecule has 7 heteroatoms. The molecule has 1 unspecified atom stereocenters. The molecule has 1 aromatic heterocycles. The van der Waals surface area contributed by atoms with Crippen LogP contribution in [0.5, 0.6) is 0 Å². The molecule has 0 aliphatic rings. The van der Waals surface area contributed by atoms with E-state index in [1.807, 2.05) is 0 Å². The third kappa shape index (κ3) is 4.47. The summed E-state index contributed by atoms with van der Waals surface area (Å²) in [5.74, 6) is 0.737. The van der Waals surface area contributed by atoms with Gasteiger partial charge >= 0.3 is 0 Å². The molecule has 0 saturated heterocycles. The average molecular weight is 265 g/mol. The van der Waals surface area contributed by atoms with E-state index in [0.29, 0.717) is 18.4 Å². The van der Waals surface area contributed by atoms with Gasteiger partial charge < -0.3 is 10.4 Å². The second-order valence-electron chi connectivity index (χ2n) is 3.36. The largest absolute Gasteiger partial charge is 0.396 e. The van der Waals surface area contributed by atoms with Crippen LogP contribution in [0.1, 0.15) is 19.8 Å². The number of halogens is 2. The molecule has 16 heavy (non-hydrogen) atoms. The summed E-state index contributed by atoms with van der Waals surface area (Å²) in [5.41, 5.74) is 0. The second kappa shape index (κ2) is 6.83. The fourth-order valence-electron chi connectivity index (χ4n) is 1.27. The first-order valence-corrected chi connectivity index (χ1v) is 5.83. The SMILES string of the molecule is CCC(CCO)CNc1nc(Cl)nc(Cl)n1. The lowest BCUT2D eigenvalue weighted by molar-refractivity contribution is 0.258. The molecule has 0 radical (unpaired) electrons. The lowest BCUT2D eigenvalue weighted by Crippen LogP contribution is -2.16. The Bertz CT molecular complexity index is 317. The summed E-state index contributed by atoms with van der Waals surface area (Å²) >= 11 is 11.3. The van der Waals surface area contributed by atoms with E-state index in [9.17, 15) is 0 Å². The van der Waals surface area contributed by atoms with Gasteiger partial charge in [0, 0.05) is 13.2 Å². The van der Waals surface area contributed by atoms with E-state index in [-0.39, 0.29) is 17.2 Å². The highest BCUT2D eigenvalue weighted by molar-refractivity contribution is 6.31. The minimum Gasteiger partial charge on any atom is -0.396 e. The molecule has 1 atom stereocenters. The van der Waals surface area contributed by atoms with Gasteiger partial charge in [0.2, 0.25) is 16.5 Å². The molecule has 1 heterocycles. The summed E-state index contributed by atoms with van der Waals surface area (Å²) in [6, 6.07) is 0. The molecule has 90 valence electrons. The Kier molecular flexibility index (Phi) is 5.73. The van der Waals surface area contributed by atoms with Crippen molar-refractivity contribution >= 4 is 29.2 Å². The maximum Gasteiger partial charge on any atom is 0.228 e. The van der Waals surface area contributed by atoms with Crippen LogP contribution in [0, 0.1) is 5.92 Å². The molecule has 2 N–H and O–H groups in total. The fourth-order valence-corrected chi connectivity index (χ4v) is 1.64. The van der Waals surface area contributed by atoms with Crippen molar-refractivity contribution < 1.29 is 5.11 Å². The number of anilines is 1. The molecule has 0 bridgehead atoms. The van der Waals surface area contributed by atoms with Crippen molar-refractivity contribution in [2.24, 2.45) is 5.92 Å². The highest BCUT2D eigenvalue weighted by Crippen LogP contribution is 2.12. The van der Waals surface area contributed by atoms with Gasteiger partial charge in [0.15, 0.2) is 0 Å². The summed E-state index contributed by atoms with van der Waals surface area (Å²) in [6.45, 7) is 2.92. The van der Waals surface area contributed by atoms with Gasteiger partial charge in [0.05, 0.1) is 0 Å². The Morgan fingerprint density at radius 1 is 1.25 bits per heavy atom. The van der Waals surface area contributed by atoms with Crippen LogP contribution in [0.15, 0.2) is 0 Å². The zero-order valence-corrected chi connectivity index (χ0v) is 10.5. The highest BCUT2D eigenvalue weighted by Gasteiger charge is 2.07. The number of aliphatic hydroxyl groups excluding tert-OH is 1. The van der Waals surface area contributed by atoms with Crippen LogP contribution in [0.3, 0.4) is 0 Å². The Labute approximate surface area is 104 Å². The number of nitrogens with one attached hydrogen (secondary N) is 1. The van der Waals surface area contributed by atoms with E-state index < -0.39 is 0 Å². The van der Waals surface area contributed by atoms with Gasteiger partial charge in [0.25, 0.3) is 0 Å². The van der Waals surface area contributed by atoms with Crippen LogP contribution in [0.25, 0.3) is 0 Å². The van der Waals surface area contributed by atoms with Crippen molar-refractivity contribution in [3.63, 3.8) is 0 Å². The molecule has 0 fully saturated rings. The monoisotopic (exact) mass is 264 g/mol. The average Bonchev–Trinajstić information content (AvgIpc) is 2.23. The smallest absolute Gasteiger partial charge is 0.228 e. The molecule has 5 nitrogen and oxygen atoms in total. The van der Waals surface area contributed by atoms with E-state index in [1.54, 1.807) is 0 Å². The maximum absolute atomic E-state index is 8.84. The number of nitrogens with zero attached hydrogens (tertiary/aromatic N) is 3. The molecule has 0 aliphatic heterocycles. The van der Waals surface area contributed by atoms with Crippen LogP contribution in [0.4, 0.5) is 5.95 Å². The number of rotatable bonds is 6. The van der Waals surface area contributed by atoms with Crippen molar-refractivity contribution in [3.8, 4) is 0 Å². The van der Waals surface area contributed by atoms with Crippen LogP contribution in [0.2, 0.25) is 10.6 Å². The molecule has 0 aromatic carbocycles. The summed E-state index contributed by atoms with van der Waals surface area (Å²) < 4.78 is 0. The van der Waals surface area contributed by atoms with E-state index in [1.165, 1.54) is 0 Å². The first-order valence-electron chi connectivity index (χ1n) is 5.07. The minimum atomic E-state index is 0.0673. The van der Waals surface area contributed by atoms with Gasteiger partial charge in [-0.05, 0) is 35.5 Å². The second-order valence-corrected chi connectivity index (χ2v) is 4.04. The molecule has 1 rings (SSSR count). The molecule has 0 spiro atoms. The van der Waals surface area contributed by atoms with Crippen molar-refractivity contribution in [1.82, 2.24) is 15.0 Å². The predicted molar refractivity (Wildman–Crippen MR) is 63.8 cm³/mol. The summed E-state index contributed by atoms with van der Waals surface area (Å²) in [7, 11) is 0. The van der Waals surface area contributed by atoms with Crippen LogP contribution in [-0.4, -0.2) is 33.2 Å². The van der Waals surface area contributed by atoms with Crippen molar-refractivity contribution in [2.45, 2.75) is 19.8 Å². The first kappa shape index (κ1) is 13.4. The van der Waals surface area contributed by atoms with E-state index >= 15 is 0 Å². The zero-order valence-electron chi connectivity index (χ0n) is 8.95. The van der Waals surface area contributed by atoms with Gasteiger partial charge in [-0.2, -0.15) is 15.0 Å². The number of hydrogen-bond donors (Lipinski definition) is 2. The van der Waals surface area contributed by atoms with E-state index in [4.69, 9.17) is 28.3 Å².